The smallest absolute Gasteiger partial charge is 0.263 e. The number of H-pyrrole nitrogens is 1. The Morgan fingerprint density at radius 3 is 3.12 bits per heavy atom. The van der Waals surface area contributed by atoms with Gasteiger partial charge in [0.1, 0.15) is 11.4 Å². The molecule has 1 atom stereocenters. The molecule has 1 N–H and O–H groups in total. The van der Waals surface area contributed by atoms with Gasteiger partial charge in [-0.05, 0) is 19.8 Å². The van der Waals surface area contributed by atoms with Crippen molar-refractivity contribution in [1.82, 2.24) is 25.0 Å². The Balaban J connectivity index is 1.71. The molecule has 9 nitrogen and oxygen atoms in total. The lowest BCUT2D eigenvalue weighted by Crippen LogP contribution is -2.41. The molecule has 2 aromatic rings. The summed E-state index contributed by atoms with van der Waals surface area (Å²) < 4.78 is 10.3. The van der Waals surface area contributed by atoms with Crippen molar-refractivity contribution in [2.45, 2.75) is 32.1 Å². The Labute approximate surface area is 144 Å². The minimum absolute atomic E-state index is 0.0287. The van der Waals surface area contributed by atoms with Crippen molar-refractivity contribution in [3.8, 4) is 0 Å². The van der Waals surface area contributed by atoms with Crippen LogP contribution in [0.15, 0.2) is 15.5 Å². The SMILES string of the molecule is COCCc1noc(C2CCCN(C(=O)c3cnc(C)[nH]c3=O)C2)n1. The topological polar surface area (TPSA) is 114 Å². The fourth-order valence-electron chi connectivity index (χ4n) is 2.90. The fraction of sp³-hybridized carbons (Fsp3) is 0.562. The van der Waals surface area contributed by atoms with Gasteiger partial charge < -0.3 is 19.1 Å². The molecular formula is C16H21N5O4. The van der Waals surface area contributed by atoms with Crippen molar-refractivity contribution in [2.24, 2.45) is 0 Å². The number of carbonyl (C=O) groups excluding carboxylic acids is 1. The predicted molar refractivity (Wildman–Crippen MR) is 87.4 cm³/mol. The van der Waals surface area contributed by atoms with Gasteiger partial charge in [-0.2, -0.15) is 4.98 Å². The van der Waals surface area contributed by atoms with Crippen molar-refractivity contribution in [3.63, 3.8) is 0 Å². The van der Waals surface area contributed by atoms with Gasteiger partial charge in [-0.1, -0.05) is 5.16 Å². The summed E-state index contributed by atoms with van der Waals surface area (Å²) in [6.45, 7) is 3.23. The van der Waals surface area contributed by atoms with Crippen molar-refractivity contribution >= 4 is 5.91 Å². The number of rotatable bonds is 5. The molecule has 2 aromatic heterocycles. The number of methoxy groups -OCH3 is 1. The van der Waals surface area contributed by atoms with Crippen LogP contribution in [0.5, 0.6) is 0 Å². The maximum Gasteiger partial charge on any atom is 0.263 e. The average molecular weight is 347 g/mol. The second-order valence-corrected chi connectivity index (χ2v) is 6.09. The molecule has 25 heavy (non-hydrogen) atoms. The highest BCUT2D eigenvalue weighted by molar-refractivity contribution is 5.93. The average Bonchev–Trinajstić information content (AvgIpc) is 3.08. The van der Waals surface area contributed by atoms with Gasteiger partial charge in [0.15, 0.2) is 5.82 Å². The number of carbonyl (C=O) groups is 1. The molecule has 3 rings (SSSR count). The summed E-state index contributed by atoms with van der Waals surface area (Å²) in [6.07, 6.45) is 3.58. The number of amides is 1. The zero-order valence-electron chi connectivity index (χ0n) is 14.3. The van der Waals surface area contributed by atoms with Crippen LogP contribution < -0.4 is 5.56 Å². The minimum atomic E-state index is -0.417. The number of piperidine rings is 1. The molecule has 0 radical (unpaired) electrons. The van der Waals surface area contributed by atoms with Crippen LogP contribution in [0, 0.1) is 6.92 Å². The van der Waals surface area contributed by atoms with Crippen LogP contribution in [0.1, 0.15) is 46.7 Å². The zero-order chi connectivity index (χ0) is 17.8. The van der Waals surface area contributed by atoms with Crippen molar-refractivity contribution in [2.75, 3.05) is 26.8 Å². The highest BCUT2D eigenvalue weighted by Crippen LogP contribution is 2.26. The summed E-state index contributed by atoms with van der Waals surface area (Å²) in [5, 5.41) is 3.95. The molecule has 3 heterocycles. The third-order valence-corrected chi connectivity index (χ3v) is 4.23. The number of aromatic amines is 1. The number of hydrogen-bond donors (Lipinski definition) is 1. The van der Waals surface area contributed by atoms with Crippen LogP contribution in [-0.2, 0) is 11.2 Å². The van der Waals surface area contributed by atoms with E-state index < -0.39 is 5.56 Å². The summed E-state index contributed by atoms with van der Waals surface area (Å²) in [5.74, 6) is 1.25. The number of likely N-dealkylation sites (tertiary alicyclic amines) is 1. The fourth-order valence-corrected chi connectivity index (χ4v) is 2.90. The summed E-state index contributed by atoms with van der Waals surface area (Å²) in [4.78, 5) is 37.2. The van der Waals surface area contributed by atoms with E-state index in [2.05, 4.69) is 20.1 Å². The van der Waals surface area contributed by atoms with Crippen LogP contribution in [0.4, 0.5) is 0 Å². The van der Waals surface area contributed by atoms with Crippen molar-refractivity contribution in [3.05, 3.63) is 39.7 Å². The summed E-state index contributed by atoms with van der Waals surface area (Å²) in [6, 6.07) is 0. The van der Waals surface area contributed by atoms with Crippen molar-refractivity contribution in [1.29, 1.82) is 0 Å². The van der Waals surface area contributed by atoms with Gasteiger partial charge in [-0.15, -0.1) is 0 Å². The monoisotopic (exact) mass is 347 g/mol. The van der Waals surface area contributed by atoms with Gasteiger partial charge in [0, 0.05) is 32.8 Å². The zero-order valence-corrected chi connectivity index (χ0v) is 14.3. The molecule has 1 unspecified atom stereocenters. The molecule has 0 saturated carbocycles. The molecule has 1 aliphatic heterocycles. The molecular weight excluding hydrogens is 326 g/mol. The number of aromatic nitrogens is 4. The molecule has 1 amide bonds. The Morgan fingerprint density at radius 2 is 2.36 bits per heavy atom. The van der Waals surface area contributed by atoms with Gasteiger partial charge >= 0.3 is 0 Å². The van der Waals surface area contributed by atoms with Gasteiger partial charge in [0.25, 0.3) is 11.5 Å². The second-order valence-electron chi connectivity index (χ2n) is 6.09. The van der Waals surface area contributed by atoms with Gasteiger partial charge in [-0.3, -0.25) is 9.59 Å². The van der Waals surface area contributed by atoms with Crippen LogP contribution in [0.3, 0.4) is 0 Å². The first-order valence-electron chi connectivity index (χ1n) is 8.25. The highest BCUT2D eigenvalue weighted by Gasteiger charge is 2.30. The van der Waals surface area contributed by atoms with E-state index >= 15 is 0 Å². The van der Waals surface area contributed by atoms with Crippen LogP contribution in [0.2, 0.25) is 0 Å². The largest absolute Gasteiger partial charge is 0.384 e. The maximum absolute atomic E-state index is 12.6. The lowest BCUT2D eigenvalue weighted by Gasteiger charge is -2.30. The Kier molecular flexibility index (Phi) is 5.22. The first-order chi connectivity index (χ1) is 12.1. The number of nitrogens with one attached hydrogen (secondary N) is 1. The minimum Gasteiger partial charge on any atom is -0.384 e. The molecule has 1 fully saturated rings. The van der Waals surface area contributed by atoms with Crippen molar-refractivity contribution < 1.29 is 14.1 Å². The molecule has 0 aromatic carbocycles. The van der Waals surface area contributed by atoms with E-state index in [1.165, 1.54) is 6.20 Å². The van der Waals surface area contributed by atoms with E-state index in [-0.39, 0.29) is 17.4 Å². The van der Waals surface area contributed by atoms with E-state index in [9.17, 15) is 9.59 Å². The normalized spacial score (nSPS) is 17.7. The van der Waals surface area contributed by atoms with Gasteiger partial charge in [-0.25, -0.2) is 4.98 Å². The molecule has 9 heteroatoms. The summed E-state index contributed by atoms with van der Waals surface area (Å²) in [7, 11) is 1.62. The van der Waals surface area contributed by atoms with E-state index in [0.717, 1.165) is 12.8 Å². The Bertz CT molecular complexity index is 800. The first kappa shape index (κ1) is 17.3. The van der Waals surface area contributed by atoms with Crippen LogP contribution >= 0.6 is 0 Å². The lowest BCUT2D eigenvalue weighted by atomic mass is 9.97. The Hall–Kier alpha value is -2.55. The number of hydrogen-bond acceptors (Lipinski definition) is 7. The highest BCUT2D eigenvalue weighted by atomic mass is 16.5. The third-order valence-electron chi connectivity index (χ3n) is 4.23. The molecule has 0 aliphatic carbocycles. The van der Waals surface area contributed by atoms with E-state index in [1.54, 1.807) is 18.9 Å². The van der Waals surface area contributed by atoms with Crippen LogP contribution in [-0.4, -0.2) is 57.7 Å². The van der Waals surface area contributed by atoms with E-state index in [1.807, 2.05) is 0 Å². The number of ether oxygens (including phenoxy) is 1. The third kappa shape index (κ3) is 3.93. The van der Waals surface area contributed by atoms with Gasteiger partial charge in [0.2, 0.25) is 5.89 Å². The molecule has 0 bridgehead atoms. The molecule has 1 aliphatic rings. The number of nitrogens with zero attached hydrogens (tertiary/aromatic N) is 4. The van der Waals surface area contributed by atoms with E-state index in [0.29, 0.717) is 43.7 Å². The predicted octanol–water partition coefficient (Wildman–Crippen LogP) is 0.670. The number of aryl methyl sites for hydroxylation is 1. The summed E-state index contributed by atoms with van der Waals surface area (Å²) >= 11 is 0. The quantitative estimate of drug-likeness (QED) is 0.845. The first-order valence-corrected chi connectivity index (χ1v) is 8.25. The lowest BCUT2D eigenvalue weighted by molar-refractivity contribution is 0.0693. The molecule has 1 saturated heterocycles. The van der Waals surface area contributed by atoms with E-state index in [4.69, 9.17) is 9.26 Å². The van der Waals surface area contributed by atoms with Crippen LogP contribution in [0.25, 0.3) is 0 Å². The summed E-state index contributed by atoms with van der Waals surface area (Å²) in [5.41, 5.74) is -0.364. The van der Waals surface area contributed by atoms with Gasteiger partial charge in [0.05, 0.1) is 12.5 Å². The Morgan fingerprint density at radius 1 is 1.52 bits per heavy atom. The maximum atomic E-state index is 12.6. The molecule has 134 valence electrons. The standard InChI is InChI=1S/C16H21N5O4/c1-10-17-8-12(14(22)18-10)16(23)21-6-3-4-11(9-21)15-19-13(20-25-15)5-7-24-2/h8,11H,3-7,9H2,1-2H3,(H,17,18,22). The second kappa shape index (κ2) is 7.56. The molecule has 0 spiro atoms.